The summed E-state index contributed by atoms with van der Waals surface area (Å²) in [6.45, 7) is 2.09. The van der Waals surface area contributed by atoms with Gasteiger partial charge in [0.05, 0.1) is 16.8 Å². The minimum atomic E-state index is -0.393. The molecule has 0 aromatic heterocycles. The van der Waals surface area contributed by atoms with Crippen molar-refractivity contribution < 1.29 is 0 Å². The van der Waals surface area contributed by atoms with Crippen molar-refractivity contribution in [3.8, 4) is 6.07 Å². The molecule has 19 heavy (non-hydrogen) atoms. The van der Waals surface area contributed by atoms with Gasteiger partial charge in [-0.25, -0.2) is 0 Å². The molecule has 0 aliphatic heterocycles. The predicted molar refractivity (Wildman–Crippen MR) is 79.2 cm³/mol. The molecule has 0 radical (unpaired) electrons. The van der Waals surface area contributed by atoms with E-state index in [1.54, 1.807) is 0 Å². The SMILES string of the molecule is CCc1ccccc1C(C#N)Nc1ccccc1Cl. The van der Waals surface area contributed by atoms with E-state index in [4.69, 9.17) is 11.6 Å². The number of para-hydroxylation sites is 1. The lowest BCUT2D eigenvalue weighted by Crippen LogP contribution is -2.11. The highest BCUT2D eigenvalue weighted by molar-refractivity contribution is 6.33. The summed E-state index contributed by atoms with van der Waals surface area (Å²) in [4.78, 5) is 0. The van der Waals surface area contributed by atoms with Crippen LogP contribution in [0.15, 0.2) is 48.5 Å². The molecule has 0 fully saturated rings. The van der Waals surface area contributed by atoms with Gasteiger partial charge in [0.1, 0.15) is 6.04 Å². The van der Waals surface area contributed by atoms with Gasteiger partial charge >= 0.3 is 0 Å². The summed E-state index contributed by atoms with van der Waals surface area (Å²) in [5.41, 5.74) is 2.96. The molecule has 2 aromatic carbocycles. The van der Waals surface area contributed by atoms with Crippen molar-refractivity contribution in [3.63, 3.8) is 0 Å². The number of anilines is 1. The van der Waals surface area contributed by atoms with Crippen molar-refractivity contribution in [1.29, 1.82) is 5.26 Å². The molecule has 0 amide bonds. The fourth-order valence-electron chi connectivity index (χ4n) is 2.05. The lowest BCUT2D eigenvalue weighted by molar-refractivity contribution is 0.954. The van der Waals surface area contributed by atoms with Crippen molar-refractivity contribution >= 4 is 17.3 Å². The van der Waals surface area contributed by atoms with E-state index >= 15 is 0 Å². The summed E-state index contributed by atoms with van der Waals surface area (Å²) in [7, 11) is 0. The maximum Gasteiger partial charge on any atom is 0.140 e. The van der Waals surface area contributed by atoms with Crippen molar-refractivity contribution in [3.05, 3.63) is 64.7 Å². The van der Waals surface area contributed by atoms with Gasteiger partial charge in [-0.2, -0.15) is 5.26 Å². The minimum absolute atomic E-state index is 0.393. The Kier molecular flexibility index (Phi) is 4.43. The average Bonchev–Trinajstić information content (AvgIpc) is 2.46. The number of nitrogens with one attached hydrogen (secondary N) is 1. The second-order valence-electron chi connectivity index (χ2n) is 4.24. The number of benzene rings is 2. The number of hydrogen-bond donors (Lipinski definition) is 1. The zero-order chi connectivity index (χ0) is 13.7. The monoisotopic (exact) mass is 270 g/mol. The third-order valence-electron chi connectivity index (χ3n) is 3.05. The Hall–Kier alpha value is -1.98. The Labute approximate surface area is 118 Å². The second kappa shape index (κ2) is 6.26. The van der Waals surface area contributed by atoms with Crippen LogP contribution >= 0.6 is 11.6 Å². The molecular formula is C16H15ClN2. The Bertz CT molecular complexity index is 602. The van der Waals surface area contributed by atoms with Gasteiger partial charge in [-0.05, 0) is 29.7 Å². The van der Waals surface area contributed by atoms with E-state index in [1.807, 2.05) is 48.5 Å². The summed E-state index contributed by atoms with van der Waals surface area (Å²) < 4.78 is 0. The second-order valence-corrected chi connectivity index (χ2v) is 4.65. The van der Waals surface area contributed by atoms with Crippen molar-refractivity contribution in [1.82, 2.24) is 0 Å². The van der Waals surface area contributed by atoms with Crippen LogP contribution in [0.4, 0.5) is 5.69 Å². The van der Waals surface area contributed by atoms with Crippen LogP contribution in [-0.2, 0) is 6.42 Å². The molecule has 3 heteroatoms. The Morgan fingerprint density at radius 1 is 1.16 bits per heavy atom. The van der Waals surface area contributed by atoms with Gasteiger partial charge in [-0.1, -0.05) is 54.9 Å². The van der Waals surface area contributed by atoms with Crippen LogP contribution in [0.1, 0.15) is 24.1 Å². The molecule has 0 saturated heterocycles. The summed E-state index contributed by atoms with van der Waals surface area (Å²) >= 11 is 6.11. The number of nitriles is 1. The molecule has 96 valence electrons. The highest BCUT2D eigenvalue weighted by atomic mass is 35.5. The topological polar surface area (TPSA) is 35.8 Å². The zero-order valence-corrected chi connectivity index (χ0v) is 11.5. The first-order valence-electron chi connectivity index (χ1n) is 6.24. The molecule has 0 aliphatic carbocycles. The summed E-state index contributed by atoms with van der Waals surface area (Å²) in [6.07, 6.45) is 0.901. The van der Waals surface area contributed by atoms with E-state index in [2.05, 4.69) is 18.3 Å². The molecule has 0 aliphatic rings. The summed E-state index contributed by atoms with van der Waals surface area (Å²) in [6, 6.07) is 17.3. The highest BCUT2D eigenvalue weighted by Gasteiger charge is 2.14. The van der Waals surface area contributed by atoms with E-state index in [0.717, 1.165) is 17.7 Å². The van der Waals surface area contributed by atoms with Crippen molar-refractivity contribution in [2.45, 2.75) is 19.4 Å². The highest BCUT2D eigenvalue weighted by Crippen LogP contribution is 2.27. The van der Waals surface area contributed by atoms with Crippen LogP contribution in [-0.4, -0.2) is 0 Å². The molecule has 0 heterocycles. The molecule has 2 rings (SSSR count). The molecular weight excluding hydrogens is 256 g/mol. The first-order chi connectivity index (χ1) is 9.26. The summed E-state index contributed by atoms with van der Waals surface area (Å²) in [5, 5.41) is 13.2. The smallest absolute Gasteiger partial charge is 0.140 e. The average molecular weight is 271 g/mol. The number of rotatable bonds is 4. The number of nitrogens with zero attached hydrogens (tertiary/aromatic N) is 1. The van der Waals surface area contributed by atoms with Gasteiger partial charge in [0.25, 0.3) is 0 Å². The van der Waals surface area contributed by atoms with Crippen LogP contribution in [0.5, 0.6) is 0 Å². The van der Waals surface area contributed by atoms with Gasteiger partial charge in [0.2, 0.25) is 0 Å². The van der Waals surface area contributed by atoms with Crippen LogP contribution < -0.4 is 5.32 Å². The number of hydrogen-bond acceptors (Lipinski definition) is 2. The standard InChI is InChI=1S/C16H15ClN2/c1-2-12-7-3-4-8-13(12)16(11-18)19-15-10-6-5-9-14(15)17/h3-10,16,19H,2H2,1H3. The molecule has 1 atom stereocenters. The van der Waals surface area contributed by atoms with Gasteiger partial charge in [-0.15, -0.1) is 0 Å². The minimum Gasteiger partial charge on any atom is -0.365 e. The zero-order valence-electron chi connectivity index (χ0n) is 10.7. The van der Waals surface area contributed by atoms with Crippen molar-refractivity contribution in [2.75, 3.05) is 5.32 Å². The fraction of sp³-hybridized carbons (Fsp3) is 0.188. The largest absolute Gasteiger partial charge is 0.365 e. The van der Waals surface area contributed by atoms with Crippen LogP contribution in [0, 0.1) is 11.3 Å². The van der Waals surface area contributed by atoms with Crippen molar-refractivity contribution in [2.24, 2.45) is 0 Å². The third-order valence-corrected chi connectivity index (χ3v) is 3.38. The van der Waals surface area contributed by atoms with Gasteiger partial charge in [0, 0.05) is 0 Å². The number of halogens is 1. The van der Waals surface area contributed by atoms with Crippen LogP contribution in [0.3, 0.4) is 0 Å². The van der Waals surface area contributed by atoms with E-state index in [-0.39, 0.29) is 0 Å². The van der Waals surface area contributed by atoms with E-state index < -0.39 is 6.04 Å². The maximum atomic E-state index is 9.40. The Morgan fingerprint density at radius 3 is 2.53 bits per heavy atom. The van der Waals surface area contributed by atoms with Crippen LogP contribution in [0.2, 0.25) is 5.02 Å². The maximum absolute atomic E-state index is 9.40. The predicted octanol–water partition coefficient (Wildman–Crippen LogP) is 4.58. The van der Waals surface area contributed by atoms with Crippen LogP contribution in [0.25, 0.3) is 0 Å². The molecule has 0 bridgehead atoms. The first-order valence-corrected chi connectivity index (χ1v) is 6.62. The van der Waals surface area contributed by atoms with E-state index in [1.165, 1.54) is 5.56 Å². The molecule has 2 aromatic rings. The lowest BCUT2D eigenvalue weighted by Gasteiger charge is -2.17. The molecule has 0 saturated carbocycles. The Balaban J connectivity index is 2.31. The van der Waals surface area contributed by atoms with Gasteiger partial charge in [-0.3, -0.25) is 0 Å². The Morgan fingerprint density at radius 2 is 1.84 bits per heavy atom. The normalized spacial score (nSPS) is 11.6. The lowest BCUT2D eigenvalue weighted by atomic mass is 9.99. The molecule has 1 N–H and O–H groups in total. The van der Waals surface area contributed by atoms with E-state index in [0.29, 0.717) is 5.02 Å². The first kappa shape index (κ1) is 13.5. The molecule has 1 unspecified atom stereocenters. The fourth-order valence-corrected chi connectivity index (χ4v) is 2.24. The summed E-state index contributed by atoms with van der Waals surface area (Å²) in [5.74, 6) is 0. The molecule has 0 spiro atoms. The van der Waals surface area contributed by atoms with E-state index in [9.17, 15) is 5.26 Å². The van der Waals surface area contributed by atoms with Gasteiger partial charge in [0.15, 0.2) is 0 Å². The third kappa shape index (κ3) is 3.07. The molecule has 2 nitrogen and oxygen atoms in total. The number of aryl methyl sites for hydroxylation is 1. The van der Waals surface area contributed by atoms with Gasteiger partial charge < -0.3 is 5.32 Å². The quantitative estimate of drug-likeness (QED) is 0.883.